The lowest BCUT2D eigenvalue weighted by Gasteiger charge is -2.06. The average molecular weight is 329 g/mol. The second kappa shape index (κ2) is 8.66. The normalized spacial score (nSPS) is 10.0. The Kier molecular flexibility index (Phi) is 7.14. The monoisotopic (exact) mass is 328 g/mol. The van der Waals surface area contributed by atoms with Gasteiger partial charge in [-0.2, -0.15) is 0 Å². The summed E-state index contributed by atoms with van der Waals surface area (Å²) in [6, 6.07) is 6.95. The van der Waals surface area contributed by atoms with Crippen molar-refractivity contribution in [1.82, 2.24) is 10.6 Å². The molecule has 0 aliphatic heterocycles. The minimum atomic E-state index is -0.285. The fraction of sp³-hybridized carbons (Fsp3) is 0.385. The Morgan fingerprint density at radius 1 is 1.21 bits per heavy atom. The summed E-state index contributed by atoms with van der Waals surface area (Å²) in [4.78, 5) is 23.1. The van der Waals surface area contributed by atoms with Gasteiger partial charge in [0, 0.05) is 23.2 Å². The van der Waals surface area contributed by atoms with Crippen LogP contribution in [0.25, 0.3) is 0 Å². The van der Waals surface area contributed by atoms with Crippen molar-refractivity contribution in [3.63, 3.8) is 0 Å². The van der Waals surface area contributed by atoms with Crippen LogP contribution in [0.2, 0.25) is 0 Å². The Hall–Kier alpha value is -1.40. The van der Waals surface area contributed by atoms with Gasteiger partial charge in [-0.3, -0.25) is 9.59 Å². The fourth-order valence-corrected chi connectivity index (χ4v) is 1.82. The highest BCUT2D eigenvalue weighted by Gasteiger charge is 2.07. The Morgan fingerprint density at radius 2 is 2.00 bits per heavy atom. The molecule has 1 rings (SSSR count). The zero-order valence-electron chi connectivity index (χ0n) is 10.5. The van der Waals surface area contributed by atoms with Gasteiger partial charge in [-0.25, -0.2) is 0 Å². The lowest BCUT2D eigenvalue weighted by atomic mass is 10.2. The second-order valence-corrected chi connectivity index (χ2v) is 4.89. The van der Waals surface area contributed by atoms with E-state index in [0.717, 1.165) is 10.9 Å². The standard InChI is InChI=1S/C13H17BrN2O3/c14-11-5-3-4-10(8-11)13(19)16-9-12(18)15-6-1-2-7-17/h3-5,8,17H,1-2,6-7,9H2,(H,15,18)(H,16,19). The smallest absolute Gasteiger partial charge is 0.251 e. The van der Waals surface area contributed by atoms with Crippen LogP contribution < -0.4 is 10.6 Å². The summed E-state index contributed by atoms with van der Waals surface area (Å²) in [5, 5.41) is 13.8. The molecule has 104 valence electrons. The van der Waals surface area contributed by atoms with E-state index in [9.17, 15) is 9.59 Å². The SMILES string of the molecule is O=C(CNC(=O)c1cccc(Br)c1)NCCCCO. The molecular formula is C13H17BrN2O3. The molecule has 3 N–H and O–H groups in total. The molecule has 0 fully saturated rings. The molecule has 0 spiro atoms. The lowest BCUT2D eigenvalue weighted by molar-refractivity contribution is -0.120. The van der Waals surface area contributed by atoms with Gasteiger partial charge in [0.2, 0.25) is 5.91 Å². The quantitative estimate of drug-likeness (QED) is 0.655. The Bertz CT molecular complexity index is 438. The van der Waals surface area contributed by atoms with Crippen LogP contribution in [0.15, 0.2) is 28.7 Å². The van der Waals surface area contributed by atoms with Gasteiger partial charge >= 0.3 is 0 Å². The first-order valence-electron chi connectivity index (χ1n) is 6.05. The molecule has 1 aromatic carbocycles. The maximum atomic E-state index is 11.7. The number of hydrogen-bond donors (Lipinski definition) is 3. The summed E-state index contributed by atoms with van der Waals surface area (Å²) in [5.41, 5.74) is 0.502. The molecule has 1 aromatic rings. The highest BCUT2D eigenvalue weighted by Crippen LogP contribution is 2.11. The maximum Gasteiger partial charge on any atom is 0.251 e. The van der Waals surface area contributed by atoms with Gasteiger partial charge in [-0.1, -0.05) is 22.0 Å². The van der Waals surface area contributed by atoms with E-state index < -0.39 is 0 Å². The highest BCUT2D eigenvalue weighted by molar-refractivity contribution is 9.10. The zero-order chi connectivity index (χ0) is 14.1. The van der Waals surface area contributed by atoms with Crippen LogP contribution in [0, 0.1) is 0 Å². The van der Waals surface area contributed by atoms with Gasteiger partial charge in [-0.05, 0) is 31.0 Å². The van der Waals surface area contributed by atoms with Crippen molar-refractivity contribution in [2.24, 2.45) is 0 Å². The van der Waals surface area contributed by atoms with Crippen molar-refractivity contribution in [3.05, 3.63) is 34.3 Å². The summed E-state index contributed by atoms with van der Waals surface area (Å²) in [5.74, 6) is -0.520. The first-order valence-corrected chi connectivity index (χ1v) is 6.84. The van der Waals surface area contributed by atoms with Crippen molar-refractivity contribution in [2.45, 2.75) is 12.8 Å². The number of carbonyl (C=O) groups excluding carboxylic acids is 2. The van der Waals surface area contributed by atoms with Crippen LogP contribution in [-0.2, 0) is 4.79 Å². The second-order valence-electron chi connectivity index (χ2n) is 3.97. The number of halogens is 1. The third-order valence-corrected chi connectivity index (χ3v) is 2.90. The van der Waals surface area contributed by atoms with Gasteiger partial charge < -0.3 is 15.7 Å². The van der Waals surface area contributed by atoms with Crippen LogP contribution in [0.4, 0.5) is 0 Å². The Labute approximate surface area is 120 Å². The van der Waals surface area contributed by atoms with E-state index in [1.807, 2.05) is 6.07 Å². The summed E-state index contributed by atoms with van der Waals surface area (Å²) in [6.45, 7) is 0.576. The molecular weight excluding hydrogens is 312 g/mol. The summed E-state index contributed by atoms with van der Waals surface area (Å²) >= 11 is 3.28. The predicted octanol–water partition coefficient (Wildman–Crippen LogP) is 1.07. The van der Waals surface area contributed by atoms with Crippen molar-refractivity contribution >= 4 is 27.7 Å². The number of aliphatic hydroxyl groups excluding tert-OH is 1. The van der Waals surface area contributed by atoms with Gasteiger partial charge in [0.1, 0.15) is 0 Å². The van der Waals surface area contributed by atoms with E-state index in [2.05, 4.69) is 26.6 Å². The number of amides is 2. The van der Waals surface area contributed by atoms with Crippen molar-refractivity contribution in [2.75, 3.05) is 19.7 Å². The predicted molar refractivity (Wildman–Crippen MR) is 75.8 cm³/mol. The number of nitrogens with one attached hydrogen (secondary N) is 2. The molecule has 0 heterocycles. The van der Waals surface area contributed by atoms with E-state index in [1.165, 1.54) is 0 Å². The van der Waals surface area contributed by atoms with Crippen LogP contribution >= 0.6 is 15.9 Å². The molecule has 0 aliphatic rings. The third kappa shape index (κ3) is 6.35. The van der Waals surface area contributed by atoms with Crippen molar-refractivity contribution in [1.29, 1.82) is 0 Å². The van der Waals surface area contributed by atoms with Crippen molar-refractivity contribution in [3.8, 4) is 0 Å². The largest absolute Gasteiger partial charge is 0.396 e. The molecule has 0 saturated heterocycles. The molecule has 0 unspecified atom stereocenters. The molecule has 0 atom stereocenters. The van der Waals surface area contributed by atoms with E-state index >= 15 is 0 Å². The van der Waals surface area contributed by atoms with Crippen LogP contribution in [0.3, 0.4) is 0 Å². The first kappa shape index (κ1) is 15.7. The van der Waals surface area contributed by atoms with E-state index in [-0.39, 0.29) is 25.0 Å². The molecule has 2 amide bonds. The van der Waals surface area contributed by atoms with Crippen LogP contribution in [-0.4, -0.2) is 36.6 Å². The Morgan fingerprint density at radius 3 is 2.68 bits per heavy atom. The molecule has 0 aliphatic carbocycles. The molecule has 6 heteroatoms. The number of hydrogen-bond acceptors (Lipinski definition) is 3. The maximum absolute atomic E-state index is 11.7. The number of rotatable bonds is 7. The van der Waals surface area contributed by atoms with E-state index in [4.69, 9.17) is 5.11 Å². The average Bonchev–Trinajstić information content (AvgIpc) is 2.41. The van der Waals surface area contributed by atoms with Crippen molar-refractivity contribution < 1.29 is 14.7 Å². The van der Waals surface area contributed by atoms with Gasteiger partial charge in [0.05, 0.1) is 6.54 Å². The van der Waals surface area contributed by atoms with Crippen LogP contribution in [0.1, 0.15) is 23.2 Å². The molecule has 0 saturated carbocycles. The number of benzene rings is 1. The van der Waals surface area contributed by atoms with E-state index in [1.54, 1.807) is 18.2 Å². The zero-order valence-corrected chi connectivity index (χ0v) is 12.1. The first-order chi connectivity index (χ1) is 9.13. The topological polar surface area (TPSA) is 78.4 Å². The number of unbranched alkanes of at least 4 members (excludes halogenated alkanes) is 1. The molecule has 19 heavy (non-hydrogen) atoms. The number of carbonyl (C=O) groups is 2. The third-order valence-electron chi connectivity index (χ3n) is 2.40. The number of aliphatic hydroxyl groups is 1. The lowest BCUT2D eigenvalue weighted by Crippen LogP contribution is -2.37. The fourth-order valence-electron chi connectivity index (χ4n) is 1.42. The molecule has 0 radical (unpaired) electrons. The summed E-state index contributed by atoms with van der Waals surface area (Å²) < 4.78 is 0.814. The van der Waals surface area contributed by atoms with Gasteiger partial charge in [-0.15, -0.1) is 0 Å². The molecule has 0 aromatic heterocycles. The highest BCUT2D eigenvalue weighted by atomic mass is 79.9. The minimum absolute atomic E-state index is 0.0511. The van der Waals surface area contributed by atoms with Gasteiger partial charge in [0.15, 0.2) is 0 Å². The summed E-state index contributed by atoms with van der Waals surface area (Å²) in [7, 11) is 0. The summed E-state index contributed by atoms with van der Waals surface area (Å²) in [6.07, 6.45) is 1.38. The Balaban J connectivity index is 2.28. The van der Waals surface area contributed by atoms with Gasteiger partial charge in [0.25, 0.3) is 5.91 Å². The molecule has 5 nitrogen and oxygen atoms in total. The van der Waals surface area contributed by atoms with Crippen LogP contribution in [0.5, 0.6) is 0 Å². The minimum Gasteiger partial charge on any atom is -0.396 e. The molecule has 0 bridgehead atoms. The van der Waals surface area contributed by atoms with E-state index in [0.29, 0.717) is 18.5 Å².